The van der Waals surface area contributed by atoms with Crippen molar-refractivity contribution in [2.24, 2.45) is 5.92 Å². The Hall–Kier alpha value is -0.810. The zero-order valence-corrected chi connectivity index (χ0v) is 13.8. The largest absolute Gasteiger partial charge is 0.496 e. The molecular formula is C16H26ClNO3. The molecule has 0 amide bonds. The van der Waals surface area contributed by atoms with E-state index in [1.807, 2.05) is 38.1 Å². The molecule has 4 nitrogen and oxygen atoms in total. The van der Waals surface area contributed by atoms with E-state index in [2.05, 4.69) is 5.32 Å². The second kappa shape index (κ2) is 7.99. The summed E-state index contributed by atoms with van der Waals surface area (Å²) in [6, 6.07) is 7.84. The molecule has 0 bridgehead atoms. The predicted molar refractivity (Wildman–Crippen MR) is 86.3 cm³/mol. The van der Waals surface area contributed by atoms with Gasteiger partial charge in [0.25, 0.3) is 0 Å². The van der Waals surface area contributed by atoms with Gasteiger partial charge in [-0.25, -0.2) is 0 Å². The SMILES string of the molecule is COc1ccccc1CC(O)(C(C)C)C1CNCCO1.Cl. The maximum absolute atomic E-state index is 11.2. The third-order valence-electron chi connectivity index (χ3n) is 4.15. The van der Waals surface area contributed by atoms with Crippen LogP contribution in [0.15, 0.2) is 24.3 Å². The van der Waals surface area contributed by atoms with Crippen LogP contribution in [0.5, 0.6) is 5.75 Å². The molecule has 0 aliphatic carbocycles. The Morgan fingerprint density at radius 1 is 1.43 bits per heavy atom. The number of nitrogens with one attached hydrogen (secondary N) is 1. The van der Waals surface area contributed by atoms with Crippen molar-refractivity contribution in [3.05, 3.63) is 29.8 Å². The molecule has 0 radical (unpaired) electrons. The van der Waals surface area contributed by atoms with Crippen molar-refractivity contribution in [3.63, 3.8) is 0 Å². The van der Waals surface area contributed by atoms with Crippen LogP contribution in [-0.2, 0) is 11.2 Å². The lowest BCUT2D eigenvalue weighted by atomic mass is 9.79. The highest BCUT2D eigenvalue weighted by atomic mass is 35.5. The molecule has 1 aromatic carbocycles. The molecule has 0 saturated carbocycles. The normalized spacial score (nSPS) is 21.5. The molecule has 0 aromatic heterocycles. The van der Waals surface area contributed by atoms with Gasteiger partial charge in [-0.05, 0) is 17.5 Å². The number of halogens is 1. The standard InChI is InChI=1S/C16H25NO3.ClH/c1-12(2)16(18,15-11-17-8-9-20-15)10-13-6-4-5-7-14(13)19-3;/h4-7,12,15,17-18H,8-11H2,1-3H3;1H. The number of aliphatic hydroxyl groups is 1. The van der Waals surface area contributed by atoms with E-state index in [1.165, 1.54) is 0 Å². The Kier molecular flexibility index (Phi) is 6.94. The Bertz CT molecular complexity index is 435. The predicted octanol–water partition coefficient (Wildman–Crippen LogP) is 2.03. The fourth-order valence-corrected chi connectivity index (χ4v) is 2.73. The highest BCUT2D eigenvalue weighted by molar-refractivity contribution is 5.85. The molecule has 2 unspecified atom stereocenters. The molecule has 0 spiro atoms. The van der Waals surface area contributed by atoms with Gasteiger partial charge in [-0.1, -0.05) is 32.0 Å². The van der Waals surface area contributed by atoms with Gasteiger partial charge < -0.3 is 19.9 Å². The summed E-state index contributed by atoms with van der Waals surface area (Å²) >= 11 is 0. The van der Waals surface area contributed by atoms with E-state index in [0.29, 0.717) is 19.6 Å². The summed E-state index contributed by atoms with van der Waals surface area (Å²) < 4.78 is 11.2. The van der Waals surface area contributed by atoms with Crippen molar-refractivity contribution in [1.82, 2.24) is 5.32 Å². The molecular weight excluding hydrogens is 290 g/mol. The van der Waals surface area contributed by atoms with E-state index < -0.39 is 5.60 Å². The molecule has 5 heteroatoms. The summed E-state index contributed by atoms with van der Waals surface area (Å²) in [5.41, 5.74) is 0.113. The van der Waals surface area contributed by atoms with Gasteiger partial charge >= 0.3 is 0 Å². The van der Waals surface area contributed by atoms with Crippen molar-refractivity contribution in [2.45, 2.75) is 32.0 Å². The number of hydrogen-bond acceptors (Lipinski definition) is 4. The van der Waals surface area contributed by atoms with Gasteiger partial charge in [-0.2, -0.15) is 0 Å². The smallest absolute Gasteiger partial charge is 0.122 e. The first-order valence-electron chi connectivity index (χ1n) is 7.24. The minimum Gasteiger partial charge on any atom is -0.496 e. The number of ether oxygens (including phenoxy) is 2. The maximum atomic E-state index is 11.2. The van der Waals surface area contributed by atoms with Crippen LogP contribution in [0.4, 0.5) is 0 Å². The Labute approximate surface area is 133 Å². The van der Waals surface area contributed by atoms with Gasteiger partial charge in [-0.3, -0.25) is 0 Å². The summed E-state index contributed by atoms with van der Waals surface area (Å²) in [5.74, 6) is 0.910. The first-order chi connectivity index (χ1) is 9.58. The lowest BCUT2D eigenvalue weighted by molar-refractivity contribution is -0.141. The first kappa shape index (κ1) is 18.2. The monoisotopic (exact) mass is 315 g/mol. The van der Waals surface area contributed by atoms with E-state index >= 15 is 0 Å². The molecule has 1 fully saturated rings. The summed E-state index contributed by atoms with van der Waals surface area (Å²) in [6.45, 7) is 6.25. The number of benzene rings is 1. The third-order valence-corrected chi connectivity index (χ3v) is 4.15. The Balaban J connectivity index is 0.00000220. The lowest BCUT2D eigenvalue weighted by Crippen LogP contribution is -2.57. The van der Waals surface area contributed by atoms with E-state index in [9.17, 15) is 5.11 Å². The zero-order chi connectivity index (χ0) is 14.6. The van der Waals surface area contributed by atoms with E-state index in [0.717, 1.165) is 17.9 Å². The highest BCUT2D eigenvalue weighted by Crippen LogP contribution is 2.32. The zero-order valence-electron chi connectivity index (χ0n) is 13.0. The fourth-order valence-electron chi connectivity index (χ4n) is 2.73. The fraction of sp³-hybridized carbons (Fsp3) is 0.625. The molecule has 2 rings (SSSR count). The molecule has 2 N–H and O–H groups in total. The van der Waals surface area contributed by atoms with Crippen molar-refractivity contribution in [2.75, 3.05) is 26.8 Å². The van der Waals surface area contributed by atoms with Crippen LogP contribution in [-0.4, -0.2) is 43.6 Å². The minimum absolute atomic E-state index is 0. The topological polar surface area (TPSA) is 50.7 Å². The molecule has 21 heavy (non-hydrogen) atoms. The first-order valence-corrected chi connectivity index (χ1v) is 7.24. The highest BCUT2D eigenvalue weighted by Gasteiger charge is 2.42. The average Bonchev–Trinajstić information content (AvgIpc) is 2.48. The van der Waals surface area contributed by atoms with Crippen LogP contribution in [0.3, 0.4) is 0 Å². The lowest BCUT2D eigenvalue weighted by Gasteiger charge is -2.41. The van der Waals surface area contributed by atoms with Gasteiger partial charge in [0.15, 0.2) is 0 Å². The third kappa shape index (κ3) is 4.10. The Morgan fingerprint density at radius 2 is 2.14 bits per heavy atom. The van der Waals surface area contributed by atoms with Gasteiger partial charge in [0.05, 0.1) is 25.4 Å². The molecule has 1 saturated heterocycles. The van der Waals surface area contributed by atoms with Crippen LogP contribution in [0.2, 0.25) is 0 Å². The Morgan fingerprint density at radius 3 is 2.71 bits per heavy atom. The van der Waals surface area contributed by atoms with E-state index in [1.54, 1.807) is 7.11 Å². The summed E-state index contributed by atoms with van der Waals surface area (Å²) in [6.07, 6.45) is 0.335. The van der Waals surface area contributed by atoms with Crippen LogP contribution in [0.1, 0.15) is 19.4 Å². The quantitative estimate of drug-likeness (QED) is 0.873. The molecule has 1 aromatic rings. The van der Waals surface area contributed by atoms with Gasteiger partial charge in [-0.15, -0.1) is 12.4 Å². The van der Waals surface area contributed by atoms with Crippen molar-refractivity contribution in [3.8, 4) is 5.75 Å². The molecule has 120 valence electrons. The summed E-state index contributed by atoms with van der Waals surface area (Å²) in [5, 5.41) is 14.5. The van der Waals surface area contributed by atoms with Gasteiger partial charge in [0.1, 0.15) is 5.75 Å². The molecule has 1 aliphatic heterocycles. The molecule has 1 heterocycles. The van der Waals surface area contributed by atoms with Crippen molar-refractivity contribution < 1.29 is 14.6 Å². The van der Waals surface area contributed by atoms with Crippen molar-refractivity contribution in [1.29, 1.82) is 0 Å². The number of para-hydroxylation sites is 1. The van der Waals surface area contributed by atoms with E-state index in [-0.39, 0.29) is 24.4 Å². The second-order valence-corrected chi connectivity index (χ2v) is 5.70. The summed E-state index contributed by atoms with van der Waals surface area (Å²) in [7, 11) is 1.66. The summed E-state index contributed by atoms with van der Waals surface area (Å²) in [4.78, 5) is 0. The number of morpholine rings is 1. The van der Waals surface area contributed by atoms with Gasteiger partial charge in [0.2, 0.25) is 0 Å². The second-order valence-electron chi connectivity index (χ2n) is 5.70. The van der Waals surface area contributed by atoms with Crippen LogP contribution >= 0.6 is 12.4 Å². The maximum Gasteiger partial charge on any atom is 0.122 e. The van der Waals surface area contributed by atoms with Crippen molar-refractivity contribution >= 4 is 12.4 Å². The van der Waals surface area contributed by atoms with Crippen LogP contribution in [0, 0.1) is 5.92 Å². The van der Waals surface area contributed by atoms with Crippen LogP contribution in [0.25, 0.3) is 0 Å². The van der Waals surface area contributed by atoms with Crippen LogP contribution < -0.4 is 10.1 Å². The number of methoxy groups -OCH3 is 1. The average molecular weight is 316 g/mol. The van der Waals surface area contributed by atoms with Gasteiger partial charge in [0, 0.05) is 19.5 Å². The minimum atomic E-state index is -0.901. The molecule has 2 atom stereocenters. The van der Waals surface area contributed by atoms with E-state index in [4.69, 9.17) is 9.47 Å². The molecule has 1 aliphatic rings. The number of rotatable bonds is 5. The number of hydrogen-bond donors (Lipinski definition) is 2.